The molecule has 0 fully saturated rings. The fourth-order valence-electron chi connectivity index (χ4n) is 0.556. The van der Waals surface area contributed by atoms with Crippen LogP contribution in [0.15, 0.2) is 30.3 Å². The topological polar surface area (TPSA) is 80.6 Å². The first-order valence-electron chi connectivity index (χ1n) is 2.90. The molecule has 4 nitrogen and oxygen atoms in total. The number of rotatable bonds is 1. The second-order valence-electron chi connectivity index (χ2n) is 1.69. The third-order valence-electron chi connectivity index (χ3n) is 0.977. The summed E-state index contributed by atoms with van der Waals surface area (Å²) in [6, 6.07) is 8.53. The summed E-state index contributed by atoms with van der Waals surface area (Å²) in [6.07, 6.45) is 0. The average molecular weight is 228 g/mol. The Kier molecular flexibility index (Phi) is 13.2. The van der Waals surface area contributed by atoms with E-state index >= 15 is 0 Å². The molecular weight excluding hydrogens is 221 g/mol. The van der Waals surface area contributed by atoms with Crippen LogP contribution >= 0.6 is 17.1 Å². The standard InChI is InChI=1S/C6H6O2P.Na.HO2P/c7-9(8)6-4-2-1-3-5-6;;1-3-2/h1-5,7H;;(H,1,2)/q-1;+1;. The van der Waals surface area contributed by atoms with Gasteiger partial charge in [0.2, 0.25) is 0 Å². The van der Waals surface area contributed by atoms with Crippen LogP contribution in [0.4, 0.5) is 0 Å². The van der Waals surface area contributed by atoms with E-state index in [2.05, 4.69) is 0 Å². The number of benzene rings is 1. The second kappa shape index (κ2) is 10.7. The Morgan fingerprint density at radius 2 is 1.69 bits per heavy atom. The van der Waals surface area contributed by atoms with Crippen molar-refractivity contribution >= 4 is 22.4 Å². The summed E-state index contributed by atoms with van der Waals surface area (Å²) in [5.74, 6) is 0. The van der Waals surface area contributed by atoms with E-state index in [1.165, 1.54) is 0 Å². The van der Waals surface area contributed by atoms with Gasteiger partial charge in [-0.2, -0.15) is 0 Å². The molecule has 0 amide bonds. The molecule has 0 aromatic heterocycles. The van der Waals surface area contributed by atoms with Crippen molar-refractivity contribution < 1.29 is 48.8 Å². The first-order chi connectivity index (χ1) is 5.72. The Bertz CT molecular complexity index is 219. The molecule has 0 saturated heterocycles. The molecule has 0 bridgehead atoms. The van der Waals surface area contributed by atoms with Gasteiger partial charge in [0, 0.05) is 0 Å². The van der Waals surface area contributed by atoms with Gasteiger partial charge in [-0.3, -0.25) is 0 Å². The maximum Gasteiger partial charge on any atom is 1.00 e. The third kappa shape index (κ3) is 8.95. The van der Waals surface area contributed by atoms with E-state index in [0.29, 0.717) is 5.30 Å². The molecule has 1 aromatic rings. The van der Waals surface area contributed by atoms with Crippen LogP contribution in [0, 0.1) is 0 Å². The predicted octanol–water partition coefficient (Wildman–Crippen LogP) is -2.83. The molecule has 13 heavy (non-hydrogen) atoms. The van der Waals surface area contributed by atoms with Crippen molar-refractivity contribution in [3.05, 3.63) is 30.3 Å². The molecule has 0 heterocycles. The maximum atomic E-state index is 10.3. The summed E-state index contributed by atoms with van der Waals surface area (Å²) in [4.78, 5) is 25.9. The summed E-state index contributed by atoms with van der Waals surface area (Å²) in [5, 5.41) is 0.479. The molecule has 1 unspecified atom stereocenters. The van der Waals surface area contributed by atoms with E-state index in [0.717, 1.165) is 0 Å². The smallest absolute Gasteiger partial charge is 0.805 e. The van der Waals surface area contributed by atoms with Gasteiger partial charge in [0.05, 0.1) is 0 Å². The van der Waals surface area contributed by atoms with Crippen molar-refractivity contribution in [3.8, 4) is 0 Å². The monoisotopic (exact) mass is 228 g/mol. The van der Waals surface area contributed by atoms with Gasteiger partial charge in [-0.05, 0) is 13.7 Å². The number of hydrogen-bond donors (Lipinski definition) is 2. The minimum atomic E-state index is -2.15. The molecule has 0 aliphatic heterocycles. The van der Waals surface area contributed by atoms with Gasteiger partial charge in [-0.25, -0.2) is 4.57 Å². The summed E-state index contributed by atoms with van der Waals surface area (Å²) in [5.41, 5.74) is 0. The first kappa shape index (κ1) is 16.1. The largest absolute Gasteiger partial charge is 1.00 e. The zero-order valence-electron chi connectivity index (χ0n) is 6.99. The molecule has 7 heteroatoms. The van der Waals surface area contributed by atoms with Crippen molar-refractivity contribution in [1.82, 2.24) is 0 Å². The number of hydrogen-bond acceptors (Lipinski definition) is 3. The van der Waals surface area contributed by atoms with Crippen molar-refractivity contribution in [2.24, 2.45) is 0 Å². The molecule has 1 atom stereocenters. The van der Waals surface area contributed by atoms with Gasteiger partial charge in [-0.15, -0.1) is 0 Å². The third-order valence-corrected chi connectivity index (χ3v) is 1.72. The van der Waals surface area contributed by atoms with Crippen LogP contribution in [0.3, 0.4) is 0 Å². The van der Waals surface area contributed by atoms with Crippen LogP contribution in [0.2, 0.25) is 0 Å². The Balaban J connectivity index is 0. The van der Waals surface area contributed by atoms with Crippen LogP contribution in [0.1, 0.15) is 0 Å². The molecule has 0 saturated carbocycles. The van der Waals surface area contributed by atoms with Crippen molar-refractivity contribution in [2.75, 3.05) is 0 Å². The van der Waals surface area contributed by atoms with E-state index in [4.69, 9.17) is 14.4 Å². The van der Waals surface area contributed by atoms with E-state index < -0.39 is 17.1 Å². The van der Waals surface area contributed by atoms with Gasteiger partial charge >= 0.3 is 38.2 Å². The van der Waals surface area contributed by atoms with Crippen molar-refractivity contribution in [2.45, 2.75) is 0 Å². The Morgan fingerprint density at radius 1 is 1.31 bits per heavy atom. The fraction of sp³-hybridized carbons (Fsp3) is 0. The summed E-state index contributed by atoms with van der Waals surface area (Å²) in [6.45, 7) is 0. The van der Waals surface area contributed by atoms with E-state index in [-0.39, 0.29) is 29.6 Å². The zero-order chi connectivity index (χ0) is 9.40. The molecule has 1 rings (SSSR count). The van der Waals surface area contributed by atoms with E-state index in [9.17, 15) is 4.89 Å². The van der Waals surface area contributed by atoms with Gasteiger partial charge in [0.15, 0.2) is 0 Å². The van der Waals surface area contributed by atoms with E-state index in [1.807, 2.05) is 6.07 Å². The van der Waals surface area contributed by atoms with Crippen molar-refractivity contribution in [1.29, 1.82) is 0 Å². The Hall–Kier alpha value is 0.630. The minimum Gasteiger partial charge on any atom is -0.805 e. The maximum absolute atomic E-state index is 10.3. The normalized spacial score (nSPS) is 10.7. The van der Waals surface area contributed by atoms with Crippen LogP contribution in [0.5, 0.6) is 0 Å². The van der Waals surface area contributed by atoms with Gasteiger partial charge in [0.25, 0.3) is 0 Å². The molecule has 0 spiro atoms. The molecule has 1 aromatic carbocycles. The second-order valence-corrected chi connectivity index (χ2v) is 2.92. The summed E-state index contributed by atoms with van der Waals surface area (Å²) < 4.78 is 8.46. The van der Waals surface area contributed by atoms with Crippen molar-refractivity contribution in [3.63, 3.8) is 0 Å². The van der Waals surface area contributed by atoms with Crippen LogP contribution in [-0.4, -0.2) is 9.79 Å². The zero-order valence-corrected chi connectivity index (χ0v) is 10.8. The quantitative estimate of drug-likeness (QED) is 0.401. The molecule has 0 aliphatic rings. The van der Waals surface area contributed by atoms with E-state index in [1.54, 1.807) is 24.3 Å². The van der Waals surface area contributed by atoms with Crippen LogP contribution in [-0.2, 0) is 4.57 Å². The SMILES string of the molecule is O=PO.[Na+].[O-]P(O)c1ccccc1. The van der Waals surface area contributed by atoms with Gasteiger partial charge < -0.3 is 14.7 Å². The summed E-state index contributed by atoms with van der Waals surface area (Å²) >= 11 is 0. The molecule has 0 radical (unpaired) electrons. The van der Waals surface area contributed by atoms with Gasteiger partial charge in [0.1, 0.15) is 0 Å². The average Bonchev–Trinajstić information content (AvgIpc) is 2.07. The first-order valence-corrected chi connectivity index (χ1v) is 4.88. The molecule has 0 aliphatic carbocycles. The molecular formula is C6H7NaO4P2. The predicted molar refractivity (Wildman–Crippen MR) is 45.0 cm³/mol. The summed E-state index contributed by atoms with van der Waals surface area (Å²) in [7, 11) is -2.98. The van der Waals surface area contributed by atoms with Crippen LogP contribution in [0.25, 0.3) is 0 Å². The minimum absolute atomic E-state index is 0. The fourth-order valence-corrected chi connectivity index (χ4v) is 0.983. The Labute approximate surface area is 101 Å². The van der Waals surface area contributed by atoms with Crippen LogP contribution < -0.4 is 39.8 Å². The van der Waals surface area contributed by atoms with Gasteiger partial charge in [-0.1, -0.05) is 30.3 Å². The molecule has 66 valence electrons. The molecule has 2 N–H and O–H groups in total. The Morgan fingerprint density at radius 3 is 1.92 bits per heavy atom.